The van der Waals surface area contributed by atoms with E-state index in [-0.39, 0.29) is 28.4 Å². The molecular formula is C15H19N3O5S. The molecule has 1 heterocycles. The van der Waals surface area contributed by atoms with Gasteiger partial charge >= 0.3 is 0 Å². The van der Waals surface area contributed by atoms with Gasteiger partial charge < -0.3 is 4.52 Å². The van der Waals surface area contributed by atoms with E-state index in [2.05, 4.69) is 10.1 Å². The van der Waals surface area contributed by atoms with Crippen molar-refractivity contribution < 1.29 is 17.9 Å². The second-order valence-corrected chi connectivity index (χ2v) is 8.68. The fraction of sp³-hybridized carbons (Fsp3) is 0.467. The molecular weight excluding hydrogens is 334 g/mol. The van der Waals surface area contributed by atoms with Gasteiger partial charge in [0.05, 0.1) is 10.7 Å². The highest BCUT2D eigenvalue weighted by Crippen LogP contribution is 2.24. The van der Waals surface area contributed by atoms with Gasteiger partial charge in [-0.1, -0.05) is 38.1 Å². The van der Waals surface area contributed by atoms with Crippen LogP contribution in [-0.2, 0) is 26.8 Å². The van der Waals surface area contributed by atoms with Crippen LogP contribution in [0.5, 0.6) is 0 Å². The first-order valence-corrected chi connectivity index (χ1v) is 9.08. The van der Waals surface area contributed by atoms with E-state index >= 15 is 0 Å². The molecule has 24 heavy (non-hydrogen) atoms. The average Bonchev–Trinajstić information content (AvgIpc) is 2.88. The smallest absolute Gasteiger partial charge is 0.272 e. The molecule has 0 fully saturated rings. The van der Waals surface area contributed by atoms with Gasteiger partial charge in [-0.05, 0) is 12.5 Å². The molecule has 0 aliphatic carbocycles. The zero-order chi connectivity index (χ0) is 18.1. The molecule has 0 amide bonds. The molecule has 2 aromatic rings. The van der Waals surface area contributed by atoms with Crippen molar-refractivity contribution in [1.82, 2.24) is 10.1 Å². The van der Waals surface area contributed by atoms with E-state index in [9.17, 15) is 18.5 Å². The molecule has 9 heteroatoms. The number of nitro groups is 1. The van der Waals surface area contributed by atoms with Crippen molar-refractivity contribution in [1.29, 1.82) is 0 Å². The van der Waals surface area contributed by atoms with E-state index in [0.717, 1.165) is 0 Å². The van der Waals surface area contributed by atoms with Gasteiger partial charge in [-0.15, -0.1) is 0 Å². The maximum absolute atomic E-state index is 12.4. The van der Waals surface area contributed by atoms with Gasteiger partial charge in [-0.2, -0.15) is 4.98 Å². The number of aromatic nitrogens is 2. The Morgan fingerprint density at radius 3 is 2.46 bits per heavy atom. The van der Waals surface area contributed by atoms with E-state index in [0.29, 0.717) is 17.0 Å². The molecule has 0 unspecified atom stereocenters. The minimum Gasteiger partial charge on any atom is -0.339 e. The Morgan fingerprint density at radius 1 is 1.25 bits per heavy atom. The van der Waals surface area contributed by atoms with E-state index < -0.39 is 14.8 Å². The number of hydrogen-bond donors (Lipinski definition) is 0. The monoisotopic (exact) mass is 353 g/mol. The zero-order valence-electron chi connectivity index (χ0n) is 13.9. The number of rotatable bonds is 5. The van der Waals surface area contributed by atoms with Gasteiger partial charge in [-0.25, -0.2) is 8.42 Å². The summed E-state index contributed by atoms with van der Waals surface area (Å²) in [5, 5.41) is 14.7. The standard InChI is InChI=1S/C15H19N3O5S/c1-10-11(6-5-7-12(10)18(19)20)8-24(21,22)9-13-16-14(23-17-13)15(2,3)4/h5-7H,8-9H2,1-4H3. The van der Waals surface area contributed by atoms with Crippen LogP contribution < -0.4 is 0 Å². The van der Waals surface area contributed by atoms with Crippen LogP contribution in [0.1, 0.15) is 43.6 Å². The molecule has 0 atom stereocenters. The highest BCUT2D eigenvalue weighted by atomic mass is 32.2. The summed E-state index contributed by atoms with van der Waals surface area (Å²) in [6, 6.07) is 4.39. The average molecular weight is 353 g/mol. The summed E-state index contributed by atoms with van der Waals surface area (Å²) < 4.78 is 29.8. The molecule has 0 aliphatic heterocycles. The topological polar surface area (TPSA) is 116 Å². The molecule has 0 saturated carbocycles. The summed E-state index contributed by atoms with van der Waals surface area (Å²) in [6.07, 6.45) is 0. The second-order valence-electron chi connectivity index (χ2n) is 6.62. The lowest BCUT2D eigenvalue weighted by molar-refractivity contribution is -0.385. The second kappa shape index (κ2) is 6.31. The molecule has 1 aromatic heterocycles. The Kier molecular flexibility index (Phi) is 4.75. The fourth-order valence-corrected chi connectivity index (χ4v) is 3.53. The first-order valence-electron chi connectivity index (χ1n) is 7.26. The number of hydrogen-bond acceptors (Lipinski definition) is 7. The molecule has 0 radical (unpaired) electrons. The number of sulfone groups is 1. The van der Waals surface area contributed by atoms with Crippen LogP contribution in [0.4, 0.5) is 5.69 Å². The fourth-order valence-electron chi connectivity index (χ4n) is 2.13. The predicted octanol–water partition coefficient (Wildman–Crippen LogP) is 2.70. The Bertz CT molecular complexity index is 865. The summed E-state index contributed by atoms with van der Waals surface area (Å²) in [5.74, 6) is -0.253. The first kappa shape index (κ1) is 18.1. The Morgan fingerprint density at radius 2 is 1.92 bits per heavy atom. The van der Waals surface area contributed by atoms with Gasteiger partial charge in [0, 0.05) is 17.0 Å². The predicted molar refractivity (Wildman–Crippen MR) is 87.2 cm³/mol. The van der Waals surface area contributed by atoms with E-state index in [1.165, 1.54) is 19.1 Å². The normalized spacial score (nSPS) is 12.3. The van der Waals surface area contributed by atoms with E-state index in [1.807, 2.05) is 20.8 Å². The largest absolute Gasteiger partial charge is 0.339 e. The van der Waals surface area contributed by atoms with Crippen molar-refractivity contribution in [2.24, 2.45) is 0 Å². The van der Waals surface area contributed by atoms with Crippen LogP contribution in [0.25, 0.3) is 0 Å². The Balaban J connectivity index is 2.22. The van der Waals surface area contributed by atoms with Gasteiger partial charge in [0.15, 0.2) is 15.7 Å². The SMILES string of the molecule is Cc1c(CS(=O)(=O)Cc2noc(C(C)(C)C)n2)cccc1[N+](=O)[O-]. The highest BCUT2D eigenvalue weighted by Gasteiger charge is 2.25. The van der Waals surface area contributed by atoms with Gasteiger partial charge in [0.25, 0.3) is 5.69 Å². The zero-order valence-corrected chi connectivity index (χ0v) is 14.8. The van der Waals surface area contributed by atoms with Crippen molar-refractivity contribution >= 4 is 15.5 Å². The van der Waals surface area contributed by atoms with Crippen LogP contribution in [0.15, 0.2) is 22.7 Å². The van der Waals surface area contributed by atoms with E-state index in [1.54, 1.807) is 6.07 Å². The van der Waals surface area contributed by atoms with Crippen LogP contribution in [-0.4, -0.2) is 23.5 Å². The minimum atomic E-state index is -3.59. The number of nitrogens with zero attached hydrogens (tertiary/aromatic N) is 3. The maximum Gasteiger partial charge on any atom is 0.272 e. The maximum atomic E-state index is 12.4. The lowest BCUT2D eigenvalue weighted by Crippen LogP contribution is -2.13. The first-order chi connectivity index (χ1) is 11.0. The molecule has 0 spiro atoms. The Hall–Kier alpha value is -2.29. The molecule has 0 N–H and O–H groups in total. The quantitative estimate of drug-likeness (QED) is 0.599. The van der Waals surface area contributed by atoms with Crippen molar-refractivity contribution in [3.63, 3.8) is 0 Å². The number of nitro benzene ring substituents is 1. The third-order valence-electron chi connectivity index (χ3n) is 3.45. The lowest BCUT2D eigenvalue weighted by atomic mass is 9.97. The van der Waals surface area contributed by atoms with Crippen LogP contribution in [0, 0.1) is 17.0 Å². The highest BCUT2D eigenvalue weighted by molar-refractivity contribution is 7.89. The third kappa shape index (κ3) is 4.16. The summed E-state index contributed by atoms with van der Waals surface area (Å²) in [6.45, 7) is 7.18. The minimum absolute atomic E-state index is 0.0861. The summed E-state index contributed by atoms with van der Waals surface area (Å²) in [4.78, 5) is 14.5. The molecule has 130 valence electrons. The van der Waals surface area contributed by atoms with Crippen molar-refractivity contribution in [3.8, 4) is 0 Å². The summed E-state index contributed by atoms with van der Waals surface area (Å²) in [5.41, 5.74) is 0.265. The van der Waals surface area contributed by atoms with Crippen molar-refractivity contribution in [2.45, 2.75) is 44.6 Å². The molecule has 0 bridgehead atoms. The van der Waals surface area contributed by atoms with Crippen LogP contribution in [0.3, 0.4) is 0 Å². The molecule has 8 nitrogen and oxygen atoms in total. The molecule has 2 rings (SSSR count). The molecule has 0 aliphatic rings. The van der Waals surface area contributed by atoms with Gasteiger partial charge in [0.2, 0.25) is 5.89 Å². The van der Waals surface area contributed by atoms with Crippen LogP contribution >= 0.6 is 0 Å². The summed E-state index contributed by atoms with van der Waals surface area (Å²) >= 11 is 0. The van der Waals surface area contributed by atoms with Gasteiger partial charge in [-0.3, -0.25) is 10.1 Å². The van der Waals surface area contributed by atoms with E-state index in [4.69, 9.17) is 4.52 Å². The molecule has 0 saturated heterocycles. The molecule has 1 aromatic carbocycles. The number of benzene rings is 1. The lowest BCUT2D eigenvalue weighted by Gasteiger charge is -2.10. The van der Waals surface area contributed by atoms with Crippen LogP contribution in [0.2, 0.25) is 0 Å². The van der Waals surface area contributed by atoms with Crippen molar-refractivity contribution in [2.75, 3.05) is 0 Å². The Labute approximate surface area is 140 Å². The van der Waals surface area contributed by atoms with Gasteiger partial charge in [0.1, 0.15) is 5.75 Å². The van der Waals surface area contributed by atoms with Crippen molar-refractivity contribution in [3.05, 3.63) is 51.2 Å². The third-order valence-corrected chi connectivity index (χ3v) is 4.90. The summed E-state index contributed by atoms with van der Waals surface area (Å²) in [7, 11) is -3.59.